The fourth-order valence-corrected chi connectivity index (χ4v) is 2.08. The molecule has 0 fully saturated rings. The number of nitrogens with one attached hydrogen (secondary N) is 1. The molecule has 0 aliphatic heterocycles. The van der Waals surface area contributed by atoms with Crippen molar-refractivity contribution in [3.8, 4) is 5.75 Å². The summed E-state index contributed by atoms with van der Waals surface area (Å²) >= 11 is 5.98. The number of carbonyl (C=O) groups excluding carboxylic acids is 1. The summed E-state index contributed by atoms with van der Waals surface area (Å²) in [6.45, 7) is -1.14. The van der Waals surface area contributed by atoms with Crippen LogP contribution in [0, 0.1) is 6.92 Å². The van der Waals surface area contributed by atoms with Crippen molar-refractivity contribution in [2.75, 3.05) is 5.32 Å². The zero-order valence-corrected chi connectivity index (χ0v) is 13.0. The first-order valence-corrected chi connectivity index (χ1v) is 7.13. The number of alkyl halides is 2. The topological polar surface area (TPSA) is 38.3 Å². The van der Waals surface area contributed by atoms with Crippen molar-refractivity contribution in [3.05, 3.63) is 64.7 Å². The van der Waals surface area contributed by atoms with Gasteiger partial charge in [0.05, 0.1) is 0 Å². The summed E-state index contributed by atoms with van der Waals surface area (Å²) in [5.41, 5.74) is 1.72. The van der Waals surface area contributed by atoms with Gasteiger partial charge in [-0.25, -0.2) is 0 Å². The van der Waals surface area contributed by atoms with E-state index in [1.165, 1.54) is 18.2 Å². The van der Waals surface area contributed by atoms with Gasteiger partial charge in [-0.3, -0.25) is 4.79 Å². The highest BCUT2D eigenvalue weighted by molar-refractivity contribution is 6.31. The van der Waals surface area contributed by atoms with Crippen molar-refractivity contribution < 1.29 is 18.3 Å². The molecule has 0 saturated carbocycles. The molecule has 0 saturated heterocycles. The van der Waals surface area contributed by atoms with Crippen LogP contribution in [0.3, 0.4) is 0 Å². The van der Waals surface area contributed by atoms with E-state index in [9.17, 15) is 13.6 Å². The van der Waals surface area contributed by atoms with Gasteiger partial charge >= 0.3 is 6.61 Å². The van der Waals surface area contributed by atoms with Crippen molar-refractivity contribution in [1.82, 2.24) is 0 Å². The van der Waals surface area contributed by atoms with Gasteiger partial charge in [0.25, 0.3) is 0 Å². The zero-order chi connectivity index (χ0) is 16.8. The number of para-hydroxylation sites is 1. The lowest BCUT2D eigenvalue weighted by molar-refractivity contribution is -0.111. The minimum atomic E-state index is -2.92. The molecule has 0 spiro atoms. The average molecular weight is 338 g/mol. The van der Waals surface area contributed by atoms with Crippen LogP contribution in [0.25, 0.3) is 6.08 Å². The molecule has 0 heterocycles. The number of rotatable bonds is 5. The Hall–Kier alpha value is -2.40. The summed E-state index contributed by atoms with van der Waals surface area (Å²) in [7, 11) is 0. The Morgan fingerprint density at radius 3 is 2.70 bits per heavy atom. The molecule has 0 unspecified atom stereocenters. The van der Waals surface area contributed by atoms with Crippen LogP contribution < -0.4 is 10.1 Å². The number of benzene rings is 2. The number of carbonyl (C=O) groups is 1. The summed E-state index contributed by atoms with van der Waals surface area (Å²) in [5, 5.41) is 3.23. The van der Waals surface area contributed by atoms with E-state index in [2.05, 4.69) is 10.1 Å². The molecule has 1 N–H and O–H groups in total. The van der Waals surface area contributed by atoms with Crippen molar-refractivity contribution >= 4 is 29.3 Å². The Balaban J connectivity index is 2.11. The Morgan fingerprint density at radius 1 is 1.22 bits per heavy atom. The van der Waals surface area contributed by atoms with Gasteiger partial charge < -0.3 is 10.1 Å². The average Bonchev–Trinajstić information content (AvgIpc) is 2.50. The van der Waals surface area contributed by atoms with Crippen LogP contribution in [-0.4, -0.2) is 12.5 Å². The lowest BCUT2D eigenvalue weighted by atomic mass is 10.1. The van der Waals surface area contributed by atoms with Gasteiger partial charge in [0.1, 0.15) is 5.75 Å². The molecule has 1 amide bonds. The first-order valence-electron chi connectivity index (χ1n) is 6.75. The minimum Gasteiger partial charge on any atom is -0.434 e. The third-order valence-corrected chi connectivity index (χ3v) is 3.48. The van der Waals surface area contributed by atoms with Crippen LogP contribution in [-0.2, 0) is 4.79 Å². The quantitative estimate of drug-likeness (QED) is 0.788. The Labute approximate surface area is 137 Å². The van der Waals surface area contributed by atoms with E-state index in [4.69, 9.17) is 11.6 Å². The first-order chi connectivity index (χ1) is 11.0. The van der Waals surface area contributed by atoms with Gasteiger partial charge in [0, 0.05) is 22.3 Å². The second-order valence-corrected chi connectivity index (χ2v) is 5.06. The van der Waals surface area contributed by atoms with Gasteiger partial charge in [0.2, 0.25) is 5.91 Å². The van der Waals surface area contributed by atoms with Gasteiger partial charge in [-0.2, -0.15) is 8.78 Å². The van der Waals surface area contributed by atoms with Crippen LogP contribution >= 0.6 is 11.6 Å². The fraction of sp³-hybridized carbons (Fsp3) is 0.118. The predicted molar refractivity (Wildman–Crippen MR) is 86.9 cm³/mol. The highest BCUT2D eigenvalue weighted by Gasteiger charge is 2.08. The maximum absolute atomic E-state index is 12.3. The molecule has 3 nitrogen and oxygen atoms in total. The zero-order valence-electron chi connectivity index (χ0n) is 12.2. The molecule has 0 aromatic heterocycles. The molecule has 0 atom stereocenters. The van der Waals surface area contributed by atoms with E-state index in [-0.39, 0.29) is 5.75 Å². The summed E-state index contributed by atoms with van der Waals surface area (Å²) in [6.07, 6.45) is 2.65. The molecule has 23 heavy (non-hydrogen) atoms. The predicted octanol–water partition coefficient (Wildman–Crippen LogP) is 4.90. The van der Waals surface area contributed by atoms with E-state index in [0.29, 0.717) is 16.3 Å². The number of anilines is 1. The fourth-order valence-electron chi connectivity index (χ4n) is 1.90. The summed E-state index contributed by atoms with van der Waals surface area (Å²) < 4.78 is 29.1. The largest absolute Gasteiger partial charge is 0.434 e. The van der Waals surface area contributed by atoms with Crippen LogP contribution in [0.1, 0.15) is 11.1 Å². The van der Waals surface area contributed by atoms with Gasteiger partial charge in [-0.05, 0) is 36.8 Å². The van der Waals surface area contributed by atoms with E-state index in [0.717, 1.165) is 5.56 Å². The number of halogens is 3. The van der Waals surface area contributed by atoms with Crippen LogP contribution in [0.5, 0.6) is 5.75 Å². The molecule has 0 radical (unpaired) electrons. The SMILES string of the molecule is Cc1c(Cl)cccc1NC(=O)/C=C/c1ccccc1OC(F)F. The number of amides is 1. The van der Waals surface area contributed by atoms with Crippen LogP contribution in [0.4, 0.5) is 14.5 Å². The summed E-state index contributed by atoms with van der Waals surface area (Å²) in [4.78, 5) is 12.0. The van der Waals surface area contributed by atoms with Gasteiger partial charge in [-0.1, -0.05) is 35.9 Å². The van der Waals surface area contributed by atoms with Gasteiger partial charge in [0.15, 0.2) is 0 Å². The standard InChI is InChI=1S/C17H14ClF2NO2/c1-11-13(18)6-4-7-14(11)21-16(22)10-9-12-5-2-3-8-15(12)23-17(19)20/h2-10,17H,1H3,(H,21,22)/b10-9+. The van der Waals surface area contributed by atoms with E-state index < -0.39 is 12.5 Å². The van der Waals surface area contributed by atoms with Crippen molar-refractivity contribution in [2.24, 2.45) is 0 Å². The minimum absolute atomic E-state index is 0.00508. The maximum Gasteiger partial charge on any atom is 0.387 e. The highest BCUT2D eigenvalue weighted by atomic mass is 35.5. The van der Waals surface area contributed by atoms with E-state index in [1.54, 1.807) is 43.3 Å². The Kier molecular flexibility index (Phi) is 5.71. The van der Waals surface area contributed by atoms with Crippen LogP contribution in [0.15, 0.2) is 48.5 Å². The van der Waals surface area contributed by atoms with Crippen molar-refractivity contribution in [1.29, 1.82) is 0 Å². The lowest BCUT2D eigenvalue weighted by Crippen LogP contribution is -2.09. The maximum atomic E-state index is 12.3. The van der Waals surface area contributed by atoms with Gasteiger partial charge in [-0.15, -0.1) is 0 Å². The highest BCUT2D eigenvalue weighted by Crippen LogP contribution is 2.24. The smallest absolute Gasteiger partial charge is 0.387 e. The Morgan fingerprint density at radius 2 is 1.96 bits per heavy atom. The molecule has 0 aliphatic rings. The molecular formula is C17H14ClF2NO2. The molecule has 2 aromatic carbocycles. The molecule has 2 aromatic rings. The van der Waals surface area contributed by atoms with Crippen molar-refractivity contribution in [2.45, 2.75) is 13.5 Å². The Bertz CT molecular complexity index is 732. The summed E-state index contributed by atoms with van der Waals surface area (Å²) in [5.74, 6) is -0.396. The number of hydrogen-bond acceptors (Lipinski definition) is 2. The number of ether oxygens (including phenoxy) is 1. The van der Waals surface area contributed by atoms with E-state index in [1.807, 2.05) is 0 Å². The molecular weight excluding hydrogens is 324 g/mol. The van der Waals surface area contributed by atoms with E-state index >= 15 is 0 Å². The molecule has 120 valence electrons. The molecule has 2 rings (SSSR count). The monoisotopic (exact) mass is 337 g/mol. The third-order valence-electron chi connectivity index (χ3n) is 3.07. The third kappa shape index (κ3) is 4.79. The van der Waals surface area contributed by atoms with Crippen LogP contribution in [0.2, 0.25) is 5.02 Å². The van der Waals surface area contributed by atoms with Crippen molar-refractivity contribution in [3.63, 3.8) is 0 Å². The first kappa shape index (κ1) is 17.0. The lowest BCUT2D eigenvalue weighted by Gasteiger charge is -2.08. The molecule has 0 bridgehead atoms. The second-order valence-electron chi connectivity index (χ2n) is 4.65. The number of hydrogen-bond donors (Lipinski definition) is 1. The second kappa shape index (κ2) is 7.74. The molecule has 0 aliphatic carbocycles. The normalized spacial score (nSPS) is 11.0. The summed E-state index contributed by atoms with van der Waals surface area (Å²) in [6, 6.07) is 11.4. The molecule has 6 heteroatoms.